The van der Waals surface area contributed by atoms with Crippen molar-refractivity contribution in [3.63, 3.8) is 0 Å². The Morgan fingerprint density at radius 2 is 1.86 bits per heavy atom. The normalized spacial score (nSPS) is 18.5. The van der Waals surface area contributed by atoms with Crippen molar-refractivity contribution in [1.29, 1.82) is 0 Å². The predicted octanol–water partition coefficient (Wildman–Crippen LogP) is 3.52. The van der Waals surface area contributed by atoms with E-state index in [1.165, 1.54) is 11.1 Å². The second kappa shape index (κ2) is 6.75. The van der Waals surface area contributed by atoms with Gasteiger partial charge in [-0.2, -0.15) is 0 Å². The number of carboxylic acid groups (broad SMARTS) is 1. The summed E-state index contributed by atoms with van der Waals surface area (Å²) in [4.78, 5) is 11.0. The third kappa shape index (κ3) is 3.20. The molecule has 3 nitrogen and oxygen atoms in total. The molecule has 2 aromatic carbocycles. The Morgan fingerprint density at radius 3 is 2.64 bits per heavy atom. The molecule has 0 aromatic heterocycles. The number of rotatable bonds is 5. The van der Waals surface area contributed by atoms with E-state index >= 15 is 0 Å². The average molecular weight is 295 g/mol. The Balaban J connectivity index is 1.94. The minimum atomic E-state index is -0.815. The van der Waals surface area contributed by atoms with E-state index in [0.717, 1.165) is 24.8 Å². The van der Waals surface area contributed by atoms with Crippen LogP contribution in [0.5, 0.6) is 0 Å². The summed E-state index contributed by atoms with van der Waals surface area (Å²) in [7, 11) is 0. The van der Waals surface area contributed by atoms with E-state index in [4.69, 9.17) is 5.11 Å². The van der Waals surface area contributed by atoms with Crippen molar-refractivity contribution in [3.8, 4) is 0 Å². The van der Waals surface area contributed by atoms with Crippen LogP contribution in [-0.4, -0.2) is 17.6 Å². The predicted molar refractivity (Wildman–Crippen MR) is 86.9 cm³/mol. The maximum absolute atomic E-state index is 11.0. The molecule has 0 aliphatic heterocycles. The van der Waals surface area contributed by atoms with Crippen LogP contribution in [0.25, 0.3) is 0 Å². The molecule has 1 aliphatic rings. The third-order valence-electron chi connectivity index (χ3n) is 4.45. The molecule has 0 spiro atoms. The van der Waals surface area contributed by atoms with Crippen molar-refractivity contribution in [1.82, 2.24) is 5.32 Å². The summed E-state index contributed by atoms with van der Waals surface area (Å²) in [5.74, 6) is -0.489. The second-order valence-electron chi connectivity index (χ2n) is 5.86. The van der Waals surface area contributed by atoms with Crippen LogP contribution >= 0.6 is 0 Å². The van der Waals surface area contributed by atoms with Crippen molar-refractivity contribution >= 4 is 5.97 Å². The zero-order valence-electron chi connectivity index (χ0n) is 12.5. The van der Waals surface area contributed by atoms with Gasteiger partial charge in [-0.05, 0) is 36.0 Å². The number of hydrogen-bond acceptors (Lipinski definition) is 2. The van der Waals surface area contributed by atoms with E-state index in [2.05, 4.69) is 41.7 Å². The van der Waals surface area contributed by atoms with Gasteiger partial charge in [0, 0.05) is 12.0 Å². The molecule has 2 N–H and O–H groups in total. The van der Waals surface area contributed by atoms with Gasteiger partial charge in [0.1, 0.15) is 0 Å². The average Bonchev–Trinajstić information content (AvgIpc) is 2.56. The first-order valence-corrected chi connectivity index (χ1v) is 7.83. The molecular formula is C19H21NO2. The number of carboxylic acids is 1. The molecule has 2 atom stereocenters. The molecule has 114 valence electrons. The lowest BCUT2D eigenvalue weighted by molar-refractivity contribution is -0.136. The van der Waals surface area contributed by atoms with Crippen LogP contribution < -0.4 is 5.32 Å². The first-order valence-electron chi connectivity index (χ1n) is 7.83. The number of aryl methyl sites for hydroxylation is 1. The highest BCUT2D eigenvalue weighted by Crippen LogP contribution is 2.40. The highest BCUT2D eigenvalue weighted by atomic mass is 16.4. The lowest BCUT2D eigenvalue weighted by atomic mass is 9.77. The molecule has 0 bridgehead atoms. The van der Waals surface area contributed by atoms with Gasteiger partial charge in [0.2, 0.25) is 0 Å². The Labute approximate surface area is 131 Å². The second-order valence-corrected chi connectivity index (χ2v) is 5.86. The Hall–Kier alpha value is -2.13. The molecule has 3 rings (SSSR count). The fraction of sp³-hybridized carbons (Fsp3) is 0.316. The van der Waals surface area contributed by atoms with Crippen LogP contribution in [0.15, 0.2) is 54.6 Å². The van der Waals surface area contributed by atoms with Crippen LogP contribution in [0.1, 0.15) is 41.5 Å². The Morgan fingerprint density at radius 1 is 1.14 bits per heavy atom. The summed E-state index contributed by atoms with van der Waals surface area (Å²) in [6.07, 6.45) is 3.36. The largest absolute Gasteiger partial charge is 0.480 e. The minimum Gasteiger partial charge on any atom is -0.480 e. The molecule has 0 amide bonds. The summed E-state index contributed by atoms with van der Waals surface area (Å²) >= 11 is 0. The highest BCUT2D eigenvalue weighted by Gasteiger charge is 2.28. The highest BCUT2D eigenvalue weighted by molar-refractivity contribution is 5.69. The van der Waals surface area contributed by atoms with Crippen molar-refractivity contribution in [2.45, 2.75) is 31.2 Å². The van der Waals surface area contributed by atoms with Gasteiger partial charge in [-0.3, -0.25) is 10.1 Å². The van der Waals surface area contributed by atoms with Crippen molar-refractivity contribution in [3.05, 3.63) is 71.3 Å². The number of fused-ring (bicyclic) bond motifs is 1. The fourth-order valence-electron chi connectivity index (χ4n) is 3.49. The number of nitrogens with one attached hydrogen (secondary N) is 1. The maximum Gasteiger partial charge on any atom is 0.317 e. The summed E-state index contributed by atoms with van der Waals surface area (Å²) in [6, 6.07) is 18.8. The van der Waals surface area contributed by atoms with Crippen molar-refractivity contribution < 1.29 is 9.90 Å². The molecule has 0 fully saturated rings. The van der Waals surface area contributed by atoms with Gasteiger partial charge in [-0.15, -0.1) is 0 Å². The van der Waals surface area contributed by atoms with E-state index < -0.39 is 5.97 Å². The van der Waals surface area contributed by atoms with Gasteiger partial charge in [-0.1, -0.05) is 54.6 Å². The lowest BCUT2D eigenvalue weighted by Crippen LogP contribution is -2.33. The molecule has 2 aromatic rings. The molecule has 1 aliphatic carbocycles. The fourth-order valence-corrected chi connectivity index (χ4v) is 3.49. The lowest BCUT2D eigenvalue weighted by Gasteiger charge is -2.33. The number of benzene rings is 2. The van der Waals surface area contributed by atoms with Gasteiger partial charge in [0.15, 0.2) is 0 Å². The molecular weight excluding hydrogens is 274 g/mol. The van der Waals surface area contributed by atoms with E-state index in [1.54, 1.807) is 0 Å². The topological polar surface area (TPSA) is 49.3 Å². The van der Waals surface area contributed by atoms with Gasteiger partial charge < -0.3 is 5.11 Å². The number of carbonyl (C=O) groups is 1. The van der Waals surface area contributed by atoms with Gasteiger partial charge in [0.05, 0.1) is 6.54 Å². The van der Waals surface area contributed by atoms with Gasteiger partial charge in [-0.25, -0.2) is 0 Å². The zero-order chi connectivity index (χ0) is 15.4. The quantitative estimate of drug-likeness (QED) is 0.887. The van der Waals surface area contributed by atoms with Crippen LogP contribution in [0, 0.1) is 0 Å². The maximum atomic E-state index is 11.0. The summed E-state index contributed by atoms with van der Waals surface area (Å²) in [5, 5.41) is 12.3. The molecule has 0 saturated heterocycles. The van der Waals surface area contributed by atoms with Crippen LogP contribution in [-0.2, 0) is 11.2 Å². The minimum absolute atomic E-state index is 0.0156. The summed E-state index contributed by atoms with van der Waals surface area (Å²) in [5.41, 5.74) is 3.92. The molecule has 2 unspecified atom stereocenters. The zero-order valence-corrected chi connectivity index (χ0v) is 12.5. The molecule has 0 heterocycles. The Bertz CT molecular complexity index is 639. The van der Waals surface area contributed by atoms with Crippen molar-refractivity contribution in [2.75, 3.05) is 6.54 Å². The van der Waals surface area contributed by atoms with E-state index in [9.17, 15) is 4.79 Å². The van der Waals surface area contributed by atoms with Crippen LogP contribution in [0.2, 0.25) is 0 Å². The third-order valence-corrected chi connectivity index (χ3v) is 4.45. The van der Waals surface area contributed by atoms with Gasteiger partial charge in [0.25, 0.3) is 0 Å². The van der Waals surface area contributed by atoms with E-state index in [0.29, 0.717) is 5.92 Å². The number of aliphatic carboxylic acids is 1. The van der Waals surface area contributed by atoms with Gasteiger partial charge >= 0.3 is 5.97 Å². The standard InChI is InChI=1S/C19H21NO2/c21-18(22)13-20-19(15-8-2-1-3-9-15)17-12-6-10-14-7-4-5-11-16(14)17/h1-5,7-9,11,17,19-20H,6,10,12-13H2,(H,21,22). The summed E-state index contributed by atoms with van der Waals surface area (Å²) in [6.45, 7) is -0.0156. The van der Waals surface area contributed by atoms with E-state index in [-0.39, 0.29) is 12.6 Å². The van der Waals surface area contributed by atoms with E-state index in [1.807, 2.05) is 18.2 Å². The van der Waals surface area contributed by atoms with Crippen LogP contribution in [0.3, 0.4) is 0 Å². The molecule has 0 radical (unpaired) electrons. The summed E-state index contributed by atoms with van der Waals surface area (Å²) < 4.78 is 0. The smallest absolute Gasteiger partial charge is 0.317 e. The first kappa shape index (κ1) is 14.8. The monoisotopic (exact) mass is 295 g/mol. The first-order chi connectivity index (χ1) is 10.8. The van der Waals surface area contributed by atoms with Crippen LogP contribution in [0.4, 0.5) is 0 Å². The Kier molecular flexibility index (Phi) is 4.54. The molecule has 0 saturated carbocycles. The van der Waals surface area contributed by atoms with Crippen molar-refractivity contribution in [2.24, 2.45) is 0 Å². The molecule has 3 heteroatoms. The number of hydrogen-bond donors (Lipinski definition) is 2. The molecule has 22 heavy (non-hydrogen) atoms. The SMILES string of the molecule is O=C(O)CNC(c1ccccc1)C1CCCc2ccccc21.